The molecule has 152 valence electrons. The minimum Gasteiger partial charge on any atom is -0.496 e. The maximum Gasteiger partial charge on any atom is 0.226 e. The number of nitrogens with one attached hydrogen (secondary N) is 1. The molecule has 1 N–H and O–H groups in total. The van der Waals surface area contributed by atoms with Crippen molar-refractivity contribution in [3.05, 3.63) is 42.0 Å². The van der Waals surface area contributed by atoms with Crippen molar-refractivity contribution in [2.45, 2.75) is 45.2 Å². The van der Waals surface area contributed by atoms with E-state index < -0.39 is 0 Å². The second-order valence-corrected chi connectivity index (χ2v) is 8.08. The lowest BCUT2D eigenvalue weighted by molar-refractivity contribution is -0.140. The van der Waals surface area contributed by atoms with E-state index in [4.69, 9.17) is 4.74 Å². The van der Waals surface area contributed by atoms with Crippen LogP contribution in [-0.2, 0) is 11.3 Å². The molecular weight excluding hydrogens is 372 g/mol. The van der Waals surface area contributed by atoms with Gasteiger partial charge >= 0.3 is 0 Å². The van der Waals surface area contributed by atoms with Crippen molar-refractivity contribution < 1.29 is 9.53 Å². The van der Waals surface area contributed by atoms with Crippen molar-refractivity contribution in [2.75, 3.05) is 20.2 Å². The second-order valence-electron chi connectivity index (χ2n) is 8.08. The molecule has 2 aliphatic rings. The fourth-order valence-corrected chi connectivity index (χ4v) is 4.57. The molecule has 2 fully saturated rings. The lowest BCUT2D eigenvalue weighted by atomic mass is 9.87. The van der Waals surface area contributed by atoms with Crippen LogP contribution in [0, 0.1) is 11.8 Å². The molecule has 1 heterocycles. The monoisotopic (exact) mass is 402 g/mol. The Hall–Kier alpha value is -1.78. The van der Waals surface area contributed by atoms with Crippen molar-refractivity contribution in [2.24, 2.45) is 11.8 Å². The van der Waals surface area contributed by atoms with Crippen LogP contribution in [0.25, 0.3) is 10.8 Å². The summed E-state index contributed by atoms with van der Waals surface area (Å²) in [7, 11) is 1.72. The maximum absolute atomic E-state index is 13.5. The highest BCUT2D eigenvalue weighted by Gasteiger charge is 2.35. The molecule has 1 saturated heterocycles. The fourth-order valence-electron chi connectivity index (χ4n) is 4.57. The number of hydrogen-bond acceptors (Lipinski definition) is 3. The van der Waals surface area contributed by atoms with E-state index in [0.717, 1.165) is 37.2 Å². The Morgan fingerprint density at radius 1 is 1.18 bits per heavy atom. The van der Waals surface area contributed by atoms with E-state index in [2.05, 4.69) is 47.5 Å². The first-order chi connectivity index (χ1) is 13.2. The van der Waals surface area contributed by atoms with Crippen molar-refractivity contribution in [1.29, 1.82) is 0 Å². The molecule has 0 bridgehead atoms. The molecule has 0 aromatic heterocycles. The van der Waals surface area contributed by atoms with Gasteiger partial charge in [0.05, 0.1) is 13.7 Å². The zero-order valence-electron chi connectivity index (χ0n) is 16.8. The molecule has 1 saturated carbocycles. The molecule has 0 spiro atoms. The van der Waals surface area contributed by atoms with Gasteiger partial charge in [0.1, 0.15) is 5.75 Å². The van der Waals surface area contributed by atoms with Crippen LogP contribution >= 0.6 is 12.4 Å². The molecule has 4 nitrogen and oxygen atoms in total. The first kappa shape index (κ1) is 20.9. The van der Waals surface area contributed by atoms with E-state index in [9.17, 15) is 4.79 Å². The quantitative estimate of drug-likeness (QED) is 0.778. The number of carbonyl (C=O) groups excluding carboxylic acids is 1. The predicted octanol–water partition coefficient (Wildman–Crippen LogP) is 4.40. The Bertz CT molecular complexity index is 815. The highest BCUT2D eigenvalue weighted by Crippen LogP contribution is 2.34. The molecular formula is C23H31ClN2O2. The Labute approximate surface area is 174 Å². The molecule has 1 unspecified atom stereocenters. The van der Waals surface area contributed by atoms with Gasteiger partial charge in [-0.2, -0.15) is 0 Å². The molecule has 1 atom stereocenters. The molecule has 5 heteroatoms. The van der Waals surface area contributed by atoms with Gasteiger partial charge in [-0.3, -0.25) is 4.79 Å². The second kappa shape index (κ2) is 9.15. The molecule has 28 heavy (non-hydrogen) atoms. The normalized spacial score (nSPS) is 18.4. The fraction of sp³-hybridized carbons (Fsp3) is 0.522. The van der Waals surface area contributed by atoms with E-state index >= 15 is 0 Å². The number of methoxy groups -OCH3 is 1. The average molecular weight is 403 g/mol. The summed E-state index contributed by atoms with van der Waals surface area (Å²) >= 11 is 0. The van der Waals surface area contributed by atoms with Gasteiger partial charge in [0, 0.05) is 17.5 Å². The zero-order valence-corrected chi connectivity index (χ0v) is 17.6. The third kappa shape index (κ3) is 3.99. The summed E-state index contributed by atoms with van der Waals surface area (Å²) in [6.07, 6.45) is 4.68. The first-order valence-corrected chi connectivity index (χ1v) is 10.2. The molecule has 0 radical (unpaired) electrons. The van der Waals surface area contributed by atoms with Gasteiger partial charge in [-0.25, -0.2) is 0 Å². The van der Waals surface area contributed by atoms with Crippen LogP contribution < -0.4 is 10.1 Å². The molecule has 1 amide bonds. The molecule has 2 aromatic rings. The van der Waals surface area contributed by atoms with E-state index in [1.54, 1.807) is 7.11 Å². The largest absolute Gasteiger partial charge is 0.496 e. The van der Waals surface area contributed by atoms with Crippen molar-refractivity contribution in [1.82, 2.24) is 10.2 Å². The number of nitrogens with zero attached hydrogens (tertiary/aromatic N) is 1. The lowest BCUT2D eigenvalue weighted by Crippen LogP contribution is -2.51. The van der Waals surface area contributed by atoms with E-state index in [-0.39, 0.29) is 18.3 Å². The Morgan fingerprint density at radius 2 is 1.89 bits per heavy atom. The average Bonchev–Trinajstić information content (AvgIpc) is 3.18. The van der Waals surface area contributed by atoms with Crippen molar-refractivity contribution >= 4 is 29.1 Å². The number of halogens is 1. The summed E-state index contributed by atoms with van der Waals surface area (Å²) in [6, 6.07) is 12.9. The van der Waals surface area contributed by atoms with Gasteiger partial charge in [-0.05, 0) is 48.7 Å². The Morgan fingerprint density at radius 3 is 2.54 bits per heavy atom. The summed E-state index contributed by atoms with van der Waals surface area (Å²) in [4.78, 5) is 15.6. The summed E-state index contributed by atoms with van der Waals surface area (Å²) < 4.78 is 5.69. The molecule has 1 aliphatic carbocycles. The number of rotatable bonds is 6. The summed E-state index contributed by atoms with van der Waals surface area (Å²) in [5, 5.41) is 5.69. The minimum atomic E-state index is 0. The Kier molecular flexibility index (Phi) is 6.84. The Balaban J connectivity index is 0.00000225. The predicted molar refractivity (Wildman–Crippen MR) is 116 cm³/mol. The van der Waals surface area contributed by atoms with Gasteiger partial charge in [-0.1, -0.05) is 50.1 Å². The number of benzene rings is 2. The summed E-state index contributed by atoms with van der Waals surface area (Å²) in [5.41, 5.74) is 1.13. The molecule has 2 aromatic carbocycles. The standard InChI is InChI=1S/C23H30N2O2.ClH/c1-16(18-13-24-14-18)23(26)25(19-8-4-5-9-19)15-21-20-10-6-3-7-17(20)11-12-22(21)27-2;/h3,6-7,10-12,16,18-19,24H,4-5,8-9,13-15H2,1-2H3;1H. The van der Waals surface area contributed by atoms with Crippen LogP contribution in [0.2, 0.25) is 0 Å². The van der Waals surface area contributed by atoms with Crippen molar-refractivity contribution in [3.8, 4) is 5.75 Å². The number of ether oxygens (including phenoxy) is 1. The topological polar surface area (TPSA) is 41.6 Å². The number of hydrogen-bond donors (Lipinski definition) is 1. The van der Waals surface area contributed by atoms with Gasteiger partial charge in [0.15, 0.2) is 0 Å². The molecule has 4 rings (SSSR count). The highest BCUT2D eigenvalue weighted by atomic mass is 35.5. The molecule has 1 aliphatic heterocycles. The number of amides is 1. The van der Waals surface area contributed by atoms with Gasteiger partial charge in [-0.15, -0.1) is 12.4 Å². The van der Waals surface area contributed by atoms with E-state index in [1.807, 2.05) is 6.07 Å². The first-order valence-electron chi connectivity index (χ1n) is 10.2. The van der Waals surface area contributed by atoms with Crippen LogP contribution in [0.1, 0.15) is 38.2 Å². The van der Waals surface area contributed by atoms with Crippen LogP contribution in [0.4, 0.5) is 0 Å². The van der Waals surface area contributed by atoms with Crippen LogP contribution in [0.3, 0.4) is 0 Å². The van der Waals surface area contributed by atoms with Crippen LogP contribution in [0.15, 0.2) is 36.4 Å². The van der Waals surface area contributed by atoms with E-state index in [0.29, 0.717) is 24.4 Å². The van der Waals surface area contributed by atoms with Crippen molar-refractivity contribution in [3.63, 3.8) is 0 Å². The summed E-state index contributed by atoms with van der Waals surface area (Å²) in [6.45, 7) is 4.67. The third-order valence-electron chi connectivity index (χ3n) is 6.50. The smallest absolute Gasteiger partial charge is 0.226 e. The summed E-state index contributed by atoms with van der Waals surface area (Å²) in [5.74, 6) is 1.73. The SMILES string of the molecule is COc1ccc2ccccc2c1CN(C(=O)C(C)C1CNC1)C1CCCC1.Cl. The number of carbonyl (C=O) groups is 1. The van der Waals surface area contributed by atoms with Gasteiger partial charge in [0.25, 0.3) is 0 Å². The lowest BCUT2D eigenvalue weighted by Gasteiger charge is -2.37. The minimum absolute atomic E-state index is 0. The van der Waals surface area contributed by atoms with Crippen LogP contribution in [-0.4, -0.2) is 37.0 Å². The highest BCUT2D eigenvalue weighted by molar-refractivity contribution is 5.88. The third-order valence-corrected chi connectivity index (χ3v) is 6.50. The van der Waals surface area contributed by atoms with Gasteiger partial charge < -0.3 is 15.0 Å². The zero-order chi connectivity index (χ0) is 18.8. The van der Waals surface area contributed by atoms with Gasteiger partial charge in [0.2, 0.25) is 5.91 Å². The van der Waals surface area contributed by atoms with Crippen LogP contribution in [0.5, 0.6) is 5.75 Å². The maximum atomic E-state index is 13.5. The number of fused-ring (bicyclic) bond motifs is 1. The van der Waals surface area contributed by atoms with E-state index in [1.165, 1.54) is 23.6 Å².